The zero-order chi connectivity index (χ0) is 41.6. The van der Waals surface area contributed by atoms with Crippen LogP contribution in [-0.2, 0) is 20.9 Å². The van der Waals surface area contributed by atoms with Gasteiger partial charge in [-0.25, -0.2) is 14.8 Å². The van der Waals surface area contributed by atoms with E-state index in [-0.39, 0.29) is 36.5 Å². The number of imidazole rings is 2. The Kier molecular flexibility index (Phi) is 12.2. The molecule has 60 heavy (non-hydrogen) atoms. The van der Waals surface area contributed by atoms with Gasteiger partial charge in [-0.2, -0.15) is 5.10 Å². The Morgan fingerprint density at radius 3 is 1.78 bits per heavy atom. The molecule has 2 aliphatic rings. The number of nitrogens with one attached hydrogen (secondary N) is 3. The Bertz CT molecular complexity index is 2350. The lowest BCUT2D eigenvalue weighted by atomic mass is 10.0. The molecule has 14 nitrogen and oxygen atoms in total. The fourth-order valence-corrected chi connectivity index (χ4v) is 8.69. The van der Waals surface area contributed by atoms with E-state index in [0.717, 1.165) is 83.8 Å². The molecule has 310 valence electrons. The van der Waals surface area contributed by atoms with Crippen LogP contribution in [0.15, 0.2) is 110 Å². The number of benzene rings is 3. The van der Waals surface area contributed by atoms with Gasteiger partial charge in [0.25, 0.3) is 0 Å². The molecule has 0 bridgehead atoms. The van der Waals surface area contributed by atoms with Gasteiger partial charge in [-0.05, 0) is 72.7 Å². The van der Waals surface area contributed by atoms with E-state index in [9.17, 15) is 14.4 Å². The Balaban J connectivity index is 0.924. The lowest BCUT2D eigenvalue weighted by Crippen LogP contribution is -2.50. The Morgan fingerprint density at radius 1 is 0.750 bits per heavy atom. The Hall–Kier alpha value is -6.54. The molecular formula is C46H52N10O4. The number of ether oxygens (including phenoxy) is 1. The molecular weight excluding hydrogens is 757 g/mol. The number of aromatic amines is 2. The molecule has 3 aromatic carbocycles. The first-order valence-corrected chi connectivity index (χ1v) is 20.9. The van der Waals surface area contributed by atoms with Gasteiger partial charge in [0.1, 0.15) is 23.7 Å². The lowest BCUT2D eigenvalue weighted by Gasteiger charge is -2.34. The largest absolute Gasteiger partial charge is 0.453 e. The third kappa shape index (κ3) is 8.46. The van der Waals surface area contributed by atoms with Crippen molar-refractivity contribution in [1.82, 2.24) is 49.7 Å². The van der Waals surface area contributed by atoms with Crippen molar-refractivity contribution in [3.63, 3.8) is 0 Å². The van der Waals surface area contributed by atoms with Gasteiger partial charge in [-0.1, -0.05) is 92.7 Å². The van der Waals surface area contributed by atoms with Gasteiger partial charge in [0.2, 0.25) is 11.8 Å². The lowest BCUT2D eigenvalue weighted by molar-refractivity contribution is -0.138. The van der Waals surface area contributed by atoms with Gasteiger partial charge in [-0.3, -0.25) is 19.2 Å². The standard InChI is InChI=1S/C46H52N10O4/c1-4-53(5-2)41(35-12-7-6-8-13-35)45(58)56-27-10-15-40(56)43-48-29-37(51-43)34-22-18-32(19-23-34)31-16-20-33(21-17-31)36-28-47-42(50-36)39-14-9-26-55(39)44(57)38(52-46(59)60-3)30-54-25-11-24-49-54/h6-8,11-13,16-25,28-29,38-41H,4-5,9-10,14-15,26-27,30H2,1-3H3,(H,47,50)(H,48,51)(H,52,59)/t38-,39-,40-,41+/m0/s1. The van der Waals surface area contributed by atoms with E-state index in [2.05, 4.69) is 99.8 Å². The van der Waals surface area contributed by atoms with Crippen molar-refractivity contribution in [3.05, 3.63) is 127 Å². The first kappa shape index (κ1) is 40.2. The molecule has 4 atom stereocenters. The van der Waals surface area contributed by atoms with Crippen molar-refractivity contribution in [2.45, 2.75) is 70.2 Å². The van der Waals surface area contributed by atoms with Gasteiger partial charge in [0.15, 0.2) is 0 Å². The molecule has 0 spiro atoms. The molecule has 0 radical (unpaired) electrons. The molecule has 2 fully saturated rings. The summed E-state index contributed by atoms with van der Waals surface area (Å²) in [5.41, 5.74) is 6.95. The summed E-state index contributed by atoms with van der Waals surface area (Å²) in [6, 6.07) is 27.1. The van der Waals surface area contributed by atoms with Crippen molar-refractivity contribution in [2.24, 2.45) is 0 Å². The maximum absolute atomic E-state index is 14.2. The third-order valence-corrected chi connectivity index (χ3v) is 11.9. The number of H-pyrrole nitrogens is 2. The molecule has 8 rings (SSSR count). The summed E-state index contributed by atoms with van der Waals surface area (Å²) < 4.78 is 6.42. The summed E-state index contributed by atoms with van der Waals surface area (Å²) in [4.78, 5) is 62.7. The van der Waals surface area contributed by atoms with Crippen LogP contribution in [0.2, 0.25) is 0 Å². The number of likely N-dealkylation sites (N-methyl/N-ethyl adjacent to an activating group) is 1. The molecule has 0 unspecified atom stereocenters. The smallest absolute Gasteiger partial charge is 0.407 e. The number of carbonyl (C=O) groups excluding carboxylic acids is 3. The van der Waals surface area contributed by atoms with Gasteiger partial charge in [0, 0.05) is 25.5 Å². The molecule has 6 aromatic rings. The SMILES string of the molecule is CCN(CC)[C@@H](C(=O)N1CCC[C@H]1c1ncc(-c2ccc(-c3ccc(-c4cnc([C@@H]5CCCN5C(=O)[C@H](Cn5cccn5)NC(=O)OC)[nH]4)cc3)cc2)[nH]1)c1ccccc1. The van der Waals surface area contributed by atoms with Crippen LogP contribution in [0.5, 0.6) is 0 Å². The van der Waals surface area contributed by atoms with E-state index >= 15 is 0 Å². The molecule has 2 saturated heterocycles. The predicted octanol–water partition coefficient (Wildman–Crippen LogP) is 7.17. The molecule has 3 N–H and O–H groups in total. The number of alkyl carbamates (subject to hydrolysis) is 1. The summed E-state index contributed by atoms with van der Waals surface area (Å²) in [6.45, 7) is 7.25. The highest BCUT2D eigenvalue weighted by Gasteiger charge is 2.39. The number of hydrogen-bond donors (Lipinski definition) is 3. The second-order valence-electron chi connectivity index (χ2n) is 15.3. The third-order valence-electron chi connectivity index (χ3n) is 11.9. The second kappa shape index (κ2) is 18.2. The highest BCUT2D eigenvalue weighted by Crippen LogP contribution is 2.36. The Labute approximate surface area is 350 Å². The molecule has 0 aliphatic carbocycles. The number of nitrogens with zero attached hydrogens (tertiary/aromatic N) is 7. The van der Waals surface area contributed by atoms with Gasteiger partial charge >= 0.3 is 6.09 Å². The van der Waals surface area contributed by atoms with Gasteiger partial charge in [0.05, 0.1) is 49.5 Å². The van der Waals surface area contributed by atoms with Crippen LogP contribution in [0.1, 0.15) is 74.9 Å². The van der Waals surface area contributed by atoms with Crippen LogP contribution >= 0.6 is 0 Å². The summed E-state index contributed by atoms with van der Waals surface area (Å²) in [7, 11) is 1.28. The topological polar surface area (TPSA) is 157 Å². The van der Waals surface area contributed by atoms with Gasteiger partial charge < -0.3 is 29.8 Å². The summed E-state index contributed by atoms with van der Waals surface area (Å²) >= 11 is 0. The van der Waals surface area contributed by atoms with Crippen molar-refractivity contribution in [1.29, 1.82) is 0 Å². The fraction of sp³-hybridized carbons (Fsp3) is 0.348. The van der Waals surface area contributed by atoms with E-state index in [1.807, 2.05) is 29.3 Å². The molecule has 5 heterocycles. The number of amides is 3. The van der Waals surface area contributed by atoms with E-state index < -0.39 is 12.1 Å². The minimum atomic E-state index is -0.845. The molecule has 2 aliphatic heterocycles. The minimum absolute atomic E-state index is 0.0998. The highest BCUT2D eigenvalue weighted by atomic mass is 16.5. The number of carbonyl (C=O) groups is 3. The van der Waals surface area contributed by atoms with Crippen LogP contribution in [0.3, 0.4) is 0 Å². The van der Waals surface area contributed by atoms with Crippen LogP contribution in [0.4, 0.5) is 4.79 Å². The molecule has 3 aromatic heterocycles. The number of methoxy groups -OCH3 is 1. The fourth-order valence-electron chi connectivity index (χ4n) is 8.69. The number of likely N-dealkylation sites (tertiary alicyclic amines) is 2. The first-order valence-electron chi connectivity index (χ1n) is 20.9. The van der Waals surface area contributed by atoms with Crippen LogP contribution in [-0.4, -0.2) is 102 Å². The van der Waals surface area contributed by atoms with E-state index in [1.54, 1.807) is 34.2 Å². The number of rotatable bonds is 14. The summed E-state index contributed by atoms with van der Waals surface area (Å²) in [5.74, 6) is 1.44. The monoisotopic (exact) mass is 808 g/mol. The number of hydrogen-bond acceptors (Lipinski definition) is 8. The van der Waals surface area contributed by atoms with Crippen LogP contribution in [0.25, 0.3) is 33.6 Å². The Morgan fingerprint density at radius 2 is 1.28 bits per heavy atom. The molecule has 3 amide bonds. The predicted molar refractivity (Wildman–Crippen MR) is 228 cm³/mol. The van der Waals surface area contributed by atoms with Crippen molar-refractivity contribution >= 4 is 17.9 Å². The average molecular weight is 809 g/mol. The van der Waals surface area contributed by atoms with Crippen molar-refractivity contribution in [2.75, 3.05) is 33.3 Å². The van der Waals surface area contributed by atoms with E-state index in [0.29, 0.717) is 18.9 Å². The van der Waals surface area contributed by atoms with Gasteiger partial charge in [-0.15, -0.1) is 0 Å². The quantitative estimate of drug-likeness (QED) is 0.105. The normalized spacial score (nSPS) is 17.5. The number of aromatic nitrogens is 6. The zero-order valence-electron chi connectivity index (χ0n) is 34.3. The summed E-state index contributed by atoms with van der Waals surface area (Å²) in [6.07, 6.45) is 9.77. The van der Waals surface area contributed by atoms with Crippen LogP contribution < -0.4 is 5.32 Å². The van der Waals surface area contributed by atoms with Crippen LogP contribution in [0, 0.1) is 0 Å². The van der Waals surface area contributed by atoms with E-state index in [4.69, 9.17) is 14.7 Å². The minimum Gasteiger partial charge on any atom is -0.453 e. The second-order valence-corrected chi connectivity index (χ2v) is 15.3. The summed E-state index contributed by atoms with van der Waals surface area (Å²) in [5, 5.41) is 6.90. The highest BCUT2D eigenvalue weighted by molar-refractivity contribution is 5.86. The van der Waals surface area contributed by atoms with Crippen molar-refractivity contribution < 1.29 is 19.1 Å². The average Bonchev–Trinajstić information content (AvgIpc) is 4.15. The maximum atomic E-state index is 14.2. The molecule has 14 heteroatoms. The first-order chi connectivity index (χ1) is 29.3. The zero-order valence-corrected chi connectivity index (χ0v) is 34.3. The molecule has 0 saturated carbocycles. The van der Waals surface area contributed by atoms with E-state index in [1.165, 1.54) is 7.11 Å². The maximum Gasteiger partial charge on any atom is 0.407 e. The van der Waals surface area contributed by atoms with Crippen molar-refractivity contribution in [3.8, 4) is 33.6 Å².